The van der Waals surface area contributed by atoms with Gasteiger partial charge in [-0.2, -0.15) is 0 Å². The van der Waals surface area contributed by atoms with E-state index in [1.807, 2.05) is 84.9 Å². The Balaban J connectivity index is 1.28. The summed E-state index contributed by atoms with van der Waals surface area (Å²) in [5.74, 6) is 0.124. The van der Waals surface area contributed by atoms with Gasteiger partial charge in [-0.05, 0) is 17.2 Å². The predicted molar refractivity (Wildman–Crippen MR) is 124 cm³/mol. The van der Waals surface area contributed by atoms with Gasteiger partial charge in [0.1, 0.15) is 5.75 Å². The maximum atomic E-state index is 12.3. The monoisotopic (exact) mass is 438 g/mol. The number of para-hydroxylation sites is 1. The minimum atomic E-state index is -0.521. The Bertz CT molecular complexity index is 1210. The van der Waals surface area contributed by atoms with E-state index in [2.05, 4.69) is 20.8 Å². The van der Waals surface area contributed by atoms with Crippen LogP contribution in [0, 0.1) is 0 Å². The molecule has 33 heavy (non-hydrogen) atoms. The molecular weight excluding hydrogens is 416 g/mol. The van der Waals surface area contributed by atoms with E-state index in [-0.39, 0.29) is 12.2 Å². The van der Waals surface area contributed by atoms with Crippen LogP contribution in [0.1, 0.15) is 21.5 Å². The molecule has 0 atom stereocenters. The molecule has 0 fully saturated rings. The van der Waals surface area contributed by atoms with Gasteiger partial charge in [0.15, 0.2) is 12.4 Å². The maximum Gasteiger partial charge on any atom is 0.276 e. The average molecular weight is 438 g/mol. The standard InChI is InChI=1S/C26H22N4O3/c31-24(18-33-23-14-8-7-13-21(23)15-19-9-3-1-4-10-19)29-30-26(32)22-16-27-25(28-17-22)20-11-5-2-6-12-20/h1-14,16-17H,15,18H2,(H,29,31)(H,30,32). The highest BCUT2D eigenvalue weighted by atomic mass is 16.5. The van der Waals surface area contributed by atoms with Crippen LogP contribution in [0.3, 0.4) is 0 Å². The van der Waals surface area contributed by atoms with Gasteiger partial charge in [-0.3, -0.25) is 20.4 Å². The fourth-order valence-electron chi connectivity index (χ4n) is 3.17. The molecule has 3 aromatic carbocycles. The molecule has 0 saturated carbocycles. The molecule has 0 unspecified atom stereocenters. The number of carbonyl (C=O) groups is 2. The molecule has 1 aromatic heterocycles. The second kappa shape index (κ2) is 10.7. The number of hydrogen-bond acceptors (Lipinski definition) is 5. The summed E-state index contributed by atoms with van der Waals surface area (Å²) < 4.78 is 5.69. The highest BCUT2D eigenvalue weighted by Crippen LogP contribution is 2.21. The summed E-state index contributed by atoms with van der Waals surface area (Å²) in [6, 6.07) is 27.0. The largest absolute Gasteiger partial charge is 0.483 e. The Hall–Kier alpha value is -4.52. The minimum absolute atomic E-state index is 0.226. The highest BCUT2D eigenvalue weighted by Gasteiger charge is 2.11. The van der Waals surface area contributed by atoms with Crippen LogP contribution in [0.2, 0.25) is 0 Å². The maximum absolute atomic E-state index is 12.3. The summed E-state index contributed by atoms with van der Waals surface area (Å²) in [7, 11) is 0. The predicted octanol–water partition coefficient (Wildman–Crippen LogP) is 3.57. The number of carbonyl (C=O) groups excluding carboxylic acids is 2. The van der Waals surface area contributed by atoms with Gasteiger partial charge in [0.05, 0.1) is 5.56 Å². The van der Waals surface area contributed by atoms with Crippen molar-refractivity contribution in [2.45, 2.75) is 6.42 Å². The van der Waals surface area contributed by atoms with Gasteiger partial charge in [0.25, 0.3) is 11.8 Å². The fraction of sp³-hybridized carbons (Fsp3) is 0.0769. The SMILES string of the molecule is O=C(COc1ccccc1Cc1ccccc1)NNC(=O)c1cnc(-c2ccccc2)nc1. The lowest BCUT2D eigenvalue weighted by molar-refractivity contribution is -0.123. The van der Waals surface area contributed by atoms with E-state index >= 15 is 0 Å². The van der Waals surface area contributed by atoms with Crippen LogP contribution in [-0.2, 0) is 11.2 Å². The quantitative estimate of drug-likeness (QED) is 0.430. The molecule has 7 heteroatoms. The third-order valence-corrected chi connectivity index (χ3v) is 4.83. The first-order valence-corrected chi connectivity index (χ1v) is 10.4. The molecule has 1 heterocycles. The molecule has 2 N–H and O–H groups in total. The second-order valence-corrected chi connectivity index (χ2v) is 7.22. The fourth-order valence-corrected chi connectivity index (χ4v) is 3.17. The number of ether oxygens (including phenoxy) is 1. The molecule has 0 saturated heterocycles. The number of hydrogen-bond donors (Lipinski definition) is 2. The van der Waals surface area contributed by atoms with Crippen molar-refractivity contribution in [2.75, 3.05) is 6.61 Å². The van der Waals surface area contributed by atoms with E-state index in [0.29, 0.717) is 18.0 Å². The van der Waals surface area contributed by atoms with Gasteiger partial charge < -0.3 is 4.74 Å². The molecular formula is C26H22N4O3. The normalized spacial score (nSPS) is 10.3. The number of nitrogens with zero attached hydrogens (tertiary/aromatic N) is 2. The van der Waals surface area contributed by atoms with Gasteiger partial charge in [0, 0.05) is 24.4 Å². The van der Waals surface area contributed by atoms with E-state index in [1.54, 1.807) is 0 Å². The van der Waals surface area contributed by atoms with Gasteiger partial charge in [-0.15, -0.1) is 0 Å². The van der Waals surface area contributed by atoms with Crippen LogP contribution in [0.5, 0.6) is 5.75 Å². The first kappa shape index (κ1) is 21.7. The molecule has 164 valence electrons. The van der Waals surface area contributed by atoms with Crippen molar-refractivity contribution in [3.8, 4) is 17.1 Å². The zero-order chi connectivity index (χ0) is 22.9. The molecule has 0 radical (unpaired) electrons. The highest BCUT2D eigenvalue weighted by molar-refractivity contribution is 5.95. The Kier molecular flexibility index (Phi) is 7.02. The van der Waals surface area contributed by atoms with Crippen molar-refractivity contribution in [1.29, 1.82) is 0 Å². The summed E-state index contributed by atoms with van der Waals surface area (Å²) >= 11 is 0. The first-order chi connectivity index (χ1) is 16.2. The zero-order valence-electron chi connectivity index (χ0n) is 17.8. The first-order valence-electron chi connectivity index (χ1n) is 10.4. The molecule has 4 rings (SSSR count). The molecule has 2 amide bonds. The smallest absolute Gasteiger partial charge is 0.276 e. The van der Waals surface area contributed by atoms with Crippen molar-refractivity contribution >= 4 is 11.8 Å². The second-order valence-electron chi connectivity index (χ2n) is 7.22. The van der Waals surface area contributed by atoms with Gasteiger partial charge in [-0.1, -0.05) is 78.9 Å². The van der Waals surface area contributed by atoms with Crippen LogP contribution < -0.4 is 15.6 Å². The van der Waals surface area contributed by atoms with E-state index in [4.69, 9.17) is 4.74 Å². The van der Waals surface area contributed by atoms with Crippen LogP contribution in [0.4, 0.5) is 0 Å². The van der Waals surface area contributed by atoms with E-state index in [0.717, 1.165) is 16.7 Å². The van der Waals surface area contributed by atoms with Crippen LogP contribution in [0.25, 0.3) is 11.4 Å². The van der Waals surface area contributed by atoms with Crippen LogP contribution in [0.15, 0.2) is 97.3 Å². The van der Waals surface area contributed by atoms with Crippen LogP contribution in [-0.4, -0.2) is 28.4 Å². The minimum Gasteiger partial charge on any atom is -0.483 e. The molecule has 7 nitrogen and oxygen atoms in total. The van der Waals surface area contributed by atoms with Crippen LogP contribution >= 0.6 is 0 Å². The lowest BCUT2D eigenvalue weighted by Gasteiger charge is -2.12. The zero-order valence-corrected chi connectivity index (χ0v) is 17.8. The van der Waals surface area contributed by atoms with E-state index < -0.39 is 11.8 Å². The summed E-state index contributed by atoms with van der Waals surface area (Å²) in [5, 5.41) is 0. The molecule has 4 aromatic rings. The molecule has 0 aliphatic heterocycles. The average Bonchev–Trinajstić information content (AvgIpc) is 2.88. The summed E-state index contributed by atoms with van der Waals surface area (Å²) in [4.78, 5) is 32.9. The van der Waals surface area contributed by atoms with Gasteiger partial charge >= 0.3 is 0 Å². The number of amides is 2. The number of aromatic nitrogens is 2. The van der Waals surface area contributed by atoms with Crippen molar-refractivity contribution in [1.82, 2.24) is 20.8 Å². The number of hydrazine groups is 1. The number of benzene rings is 3. The van der Waals surface area contributed by atoms with Crippen molar-refractivity contribution in [2.24, 2.45) is 0 Å². The summed E-state index contributed by atoms with van der Waals surface area (Å²) in [6.07, 6.45) is 3.51. The molecule has 0 bridgehead atoms. The van der Waals surface area contributed by atoms with Gasteiger partial charge in [-0.25, -0.2) is 9.97 Å². The lowest BCUT2D eigenvalue weighted by Crippen LogP contribution is -2.43. The van der Waals surface area contributed by atoms with Crippen molar-refractivity contribution < 1.29 is 14.3 Å². The number of rotatable bonds is 7. The van der Waals surface area contributed by atoms with E-state index in [9.17, 15) is 9.59 Å². The van der Waals surface area contributed by atoms with Gasteiger partial charge in [0.2, 0.25) is 0 Å². The summed E-state index contributed by atoms with van der Waals surface area (Å²) in [6.45, 7) is -0.241. The Morgan fingerprint density at radius 3 is 2.12 bits per heavy atom. The Labute approximate surface area is 191 Å². The van der Waals surface area contributed by atoms with E-state index in [1.165, 1.54) is 12.4 Å². The third-order valence-electron chi connectivity index (χ3n) is 4.83. The summed E-state index contributed by atoms with van der Waals surface area (Å²) in [5.41, 5.74) is 7.89. The third kappa shape index (κ3) is 6.01. The van der Waals surface area contributed by atoms with Crippen molar-refractivity contribution in [3.05, 3.63) is 114 Å². The lowest BCUT2D eigenvalue weighted by atomic mass is 10.0. The Morgan fingerprint density at radius 2 is 1.39 bits per heavy atom. The molecule has 0 aliphatic rings. The molecule has 0 aliphatic carbocycles. The Morgan fingerprint density at radius 1 is 0.758 bits per heavy atom. The van der Waals surface area contributed by atoms with Crippen molar-refractivity contribution in [3.63, 3.8) is 0 Å². The molecule has 0 spiro atoms. The number of nitrogens with one attached hydrogen (secondary N) is 2. The topological polar surface area (TPSA) is 93.2 Å².